The van der Waals surface area contributed by atoms with Crippen LogP contribution in [0.15, 0.2) is 60.0 Å². The molecule has 0 radical (unpaired) electrons. The molecule has 0 unspecified atom stereocenters. The lowest BCUT2D eigenvalue weighted by Gasteiger charge is -2.17. The van der Waals surface area contributed by atoms with E-state index >= 15 is 0 Å². The molecule has 28 heavy (non-hydrogen) atoms. The Labute approximate surface area is 169 Å². The fraction of sp³-hybridized carbons (Fsp3) is 0.333. The Kier molecular flexibility index (Phi) is 6.81. The molecule has 3 rings (SSSR count). The van der Waals surface area contributed by atoms with Gasteiger partial charge in [-0.05, 0) is 30.5 Å². The Morgan fingerprint density at radius 2 is 1.79 bits per heavy atom. The third-order valence-corrected chi connectivity index (χ3v) is 5.53. The maximum Gasteiger partial charge on any atom is 0.230 e. The number of hydrogen-bond donors (Lipinski definition) is 1. The van der Waals surface area contributed by atoms with Gasteiger partial charge in [-0.3, -0.25) is 14.3 Å². The first kappa shape index (κ1) is 20.1. The van der Waals surface area contributed by atoms with Crippen LogP contribution in [0.3, 0.4) is 0 Å². The van der Waals surface area contributed by atoms with Crippen molar-refractivity contribution in [1.82, 2.24) is 25.1 Å². The van der Waals surface area contributed by atoms with E-state index < -0.39 is 0 Å². The summed E-state index contributed by atoms with van der Waals surface area (Å²) in [6, 6.07) is 14.1. The van der Waals surface area contributed by atoms with Gasteiger partial charge < -0.3 is 5.32 Å². The summed E-state index contributed by atoms with van der Waals surface area (Å²) < 4.78 is 2.05. The van der Waals surface area contributed by atoms with Crippen molar-refractivity contribution in [1.29, 1.82) is 0 Å². The number of rotatable bonds is 8. The minimum Gasteiger partial charge on any atom is -0.353 e. The lowest BCUT2D eigenvalue weighted by atomic mass is 10.1. The van der Waals surface area contributed by atoms with E-state index in [4.69, 9.17) is 0 Å². The number of carbonyl (C=O) groups excluding carboxylic acids is 1. The number of thioether (sulfide) groups is 1. The van der Waals surface area contributed by atoms with Crippen LogP contribution in [0.4, 0.5) is 0 Å². The Hall–Kier alpha value is -2.67. The summed E-state index contributed by atoms with van der Waals surface area (Å²) in [5.74, 6) is 1.48. The smallest absolute Gasteiger partial charge is 0.230 e. The van der Waals surface area contributed by atoms with Gasteiger partial charge in [0, 0.05) is 24.0 Å². The van der Waals surface area contributed by atoms with Crippen LogP contribution < -0.4 is 5.32 Å². The molecule has 0 aliphatic rings. The second-order valence-electron chi connectivity index (χ2n) is 7.00. The number of nitrogens with one attached hydrogen (secondary N) is 1. The largest absolute Gasteiger partial charge is 0.353 e. The quantitative estimate of drug-likeness (QED) is 0.590. The highest BCUT2D eigenvalue weighted by atomic mass is 32.2. The van der Waals surface area contributed by atoms with Crippen molar-refractivity contribution in [2.75, 3.05) is 5.75 Å². The number of pyridine rings is 1. The summed E-state index contributed by atoms with van der Waals surface area (Å²) in [5, 5.41) is 12.5. The van der Waals surface area contributed by atoms with E-state index in [0.717, 1.165) is 22.1 Å². The molecule has 3 aromatic rings. The lowest BCUT2D eigenvalue weighted by Crippen LogP contribution is -2.37. The normalized spacial score (nSPS) is 12.1. The van der Waals surface area contributed by atoms with Crippen molar-refractivity contribution in [2.45, 2.75) is 38.5 Å². The topological polar surface area (TPSA) is 72.7 Å². The zero-order chi connectivity index (χ0) is 19.9. The molecule has 1 aromatic carbocycles. The molecule has 0 aliphatic carbocycles. The second kappa shape index (κ2) is 9.50. The van der Waals surface area contributed by atoms with Crippen LogP contribution in [-0.2, 0) is 11.3 Å². The fourth-order valence-electron chi connectivity index (χ4n) is 2.61. The van der Waals surface area contributed by atoms with Gasteiger partial charge in [-0.25, -0.2) is 0 Å². The average Bonchev–Trinajstić information content (AvgIpc) is 3.10. The van der Waals surface area contributed by atoms with Crippen LogP contribution in [0.5, 0.6) is 0 Å². The summed E-state index contributed by atoms with van der Waals surface area (Å²) in [6.45, 7) is 6.84. The van der Waals surface area contributed by atoms with Crippen molar-refractivity contribution in [3.05, 3.63) is 60.4 Å². The Bertz CT molecular complexity index is 896. The van der Waals surface area contributed by atoms with Crippen LogP contribution in [0.1, 0.15) is 26.3 Å². The summed E-state index contributed by atoms with van der Waals surface area (Å²) in [7, 11) is 0. The predicted molar refractivity (Wildman–Crippen MR) is 112 cm³/mol. The Balaban J connectivity index is 1.80. The summed E-state index contributed by atoms with van der Waals surface area (Å²) in [4.78, 5) is 16.4. The van der Waals surface area contributed by atoms with Crippen molar-refractivity contribution in [2.24, 2.45) is 5.92 Å². The summed E-state index contributed by atoms with van der Waals surface area (Å²) in [6.07, 6.45) is 3.48. The van der Waals surface area contributed by atoms with Crippen LogP contribution in [0, 0.1) is 5.92 Å². The van der Waals surface area contributed by atoms with Gasteiger partial charge in [0.05, 0.1) is 12.3 Å². The molecule has 146 valence electrons. The van der Waals surface area contributed by atoms with Crippen LogP contribution in [0.2, 0.25) is 0 Å². The highest BCUT2D eigenvalue weighted by Gasteiger charge is 2.17. The first-order valence-corrected chi connectivity index (χ1v) is 10.3. The maximum atomic E-state index is 12.3. The minimum absolute atomic E-state index is 0.00548. The third kappa shape index (κ3) is 5.19. The fourth-order valence-corrected chi connectivity index (χ4v) is 3.36. The molecule has 0 spiro atoms. The number of amides is 1. The van der Waals surface area contributed by atoms with Gasteiger partial charge in [0.25, 0.3) is 0 Å². The van der Waals surface area contributed by atoms with E-state index in [0.29, 0.717) is 18.2 Å². The molecule has 6 nitrogen and oxygen atoms in total. The van der Waals surface area contributed by atoms with Gasteiger partial charge in [-0.2, -0.15) is 0 Å². The SMILES string of the molecule is CC(C)[C@H](C)NC(=O)CSc1nnc(-c2ccncc2)n1Cc1ccccc1. The molecule has 0 fully saturated rings. The molecule has 7 heteroatoms. The van der Waals surface area contributed by atoms with E-state index in [2.05, 4.69) is 51.0 Å². The molecule has 2 heterocycles. The molecule has 2 aromatic heterocycles. The molecule has 0 saturated heterocycles. The highest BCUT2D eigenvalue weighted by Crippen LogP contribution is 2.24. The first-order valence-electron chi connectivity index (χ1n) is 9.34. The van der Waals surface area contributed by atoms with E-state index in [-0.39, 0.29) is 11.9 Å². The van der Waals surface area contributed by atoms with Crippen LogP contribution >= 0.6 is 11.8 Å². The maximum absolute atomic E-state index is 12.3. The van der Waals surface area contributed by atoms with E-state index in [9.17, 15) is 4.79 Å². The van der Waals surface area contributed by atoms with Gasteiger partial charge in [-0.15, -0.1) is 10.2 Å². The number of carbonyl (C=O) groups is 1. The number of benzene rings is 1. The standard InChI is InChI=1S/C21H25N5OS/c1-15(2)16(3)23-19(27)14-28-21-25-24-20(18-9-11-22-12-10-18)26(21)13-17-7-5-4-6-8-17/h4-12,15-16H,13-14H2,1-3H3,(H,23,27)/t16-/m0/s1. The molecule has 0 aliphatic heterocycles. The molecule has 1 atom stereocenters. The van der Waals surface area contributed by atoms with Crippen molar-refractivity contribution in [3.63, 3.8) is 0 Å². The molecule has 0 bridgehead atoms. The predicted octanol–water partition coefficient (Wildman–Crippen LogP) is 3.64. The van der Waals surface area contributed by atoms with E-state index in [1.165, 1.54) is 11.8 Å². The highest BCUT2D eigenvalue weighted by molar-refractivity contribution is 7.99. The monoisotopic (exact) mass is 395 g/mol. The van der Waals surface area contributed by atoms with Gasteiger partial charge in [0.15, 0.2) is 11.0 Å². The average molecular weight is 396 g/mol. The Morgan fingerprint density at radius 3 is 2.46 bits per heavy atom. The summed E-state index contributed by atoms with van der Waals surface area (Å²) in [5.41, 5.74) is 2.10. The van der Waals surface area contributed by atoms with Crippen molar-refractivity contribution in [3.8, 4) is 11.4 Å². The molecule has 1 amide bonds. The zero-order valence-electron chi connectivity index (χ0n) is 16.4. The molecular formula is C21H25N5OS. The van der Waals surface area contributed by atoms with E-state index in [1.54, 1.807) is 12.4 Å². The Morgan fingerprint density at radius 1 is 1.07 bits per heavy atom. The van der Waals surface area contributed by atoms with Gasteiger partial charge in [-0.1, -0.05) is 55.9 Å². The minimum atomic E-state index is 0.00548. The van der Waals surface area contributed by atoms with Gasteiger partial charge >= 0.3 is 0 Å². The number of nitrogens with zero attached hydrogens (tertiary/aromatic N) is 4. The van der Waals surface area contributed by atoms with Crippen LogP contribution in [0.25, 0.3) is 11.4 Å². The molecule has 0 saturated carbocycles. The first-order chi connectivity index (χ1) is 13.5. The summed E-state index contributed by atoms with van der Waals surface area (Å²) >= 11 is 1.41. The third-order valence-electron chi connectivity index (χ3n) is 4.56. The number of hydrogen-bond acceptors (Lipinski definition) is 5. The number of aromatic nitrogens is 4. The molecule has 1 N–H and O–H groups in total. The lowest BCUT2D eigenvalue weighted by molar-refractivity contribution is -0.119. The van der Waals surface area contributed by atoms with Gasteiger partial charge in [0.2, 0.25) is 5.91 Å². The van der Waals surface area contributed by atoms with Gasteiger partial charge in [0.1, 0.15) is 0 Å². The van der Waals surface area contributed by atoms with E-state index in [1.807, 2.05) is 37.3 Å². The van der Waals surface area contributed by atoms with Crippen LogP contribution in [-0.4, -0.2) is 37.5 Å². The zero-order valence-corrected chi connectivity index (χ0v) is 17.2. The van der Waals surface area contributed by atoms with Crippen molar-refractivity contribution >= 4 is 17.7 Å². The second-order valence-corrected chi connectivity index (χ2v) is 7.95. The molecular weight excluding hydrogens is 370 g/mol. The van der Waals surface area contributed by atoms with Crippen molar-refractivity contribution < 1.29 is 4.79 Å².